The zero-order valence-corrected chi connectivity index (χ0v) is 12.3. The summed E-state index contributed by atoms with van der Waals surface area (Å²) in [5.74, 6) is -0.402. The van der Waals surface area contributed by atoms with Crippen molar-refractivity contribution in [2.75, 3.05) is 12.4 Å². The minimum Gasteiger partial charge on any atom is -0.490 e. The van der Waals surface area contributed by atoms with Crippen LogP contribution in [0.15, 0.2) is 18.2 Å². The van der Waals surface area contributed by atoms with Crippen LogP contribution in [-0.4, -0.2) is 29.3 Å². The second-order valence-corrected chi connectivity index (χ2v) is 4.50. The average molecular weight is 331 g/mol. The van der Waals surface area contributed by atoms with Crippen molar-refractivity contribution < 1.29 is 14.5 Å². The van der Waals surface area contributed by atoms with Gasteiger partial charge in [-0.1, -0.05) is 28.9 Å². The molecule has 0 bridgehead atoms. The molecule has 0 aromatic heterocycles. The van der Waals surface area contributed by atoms with Gasteiger partial charge < -0.3 is 10.1 Å². The zero-order chi connectivity index (χ0) is 14.4. The third-order valence-electron chi connectivity index (χ3n) is 2.65. The number of benzene rings is 1. The topological polar surface area (TPSA) is 81.5 Å². The van der Waals surface area contributed by atoms with Crippen molar-refractivity contribution in [3.63, 3.8) is 0 Å². The number of ether oxygens (including phenoxy) is 1. The lowest BCUT2D eigenvalue weighted by atomic mass is 10.1. The van der Waals surface area contributed by atoms with Crippen molar-refractivity contribution in [1.29, 1.82) is 0 Å². The third-order valence-corrected chi connectivity index (χ3v) is 3.44. The summed E-state index contributed by atoms with van der Waals surface area (Å²) in [6, 6.07) is 4.24. The van der Waals surface area contributed by atoms with Crippen molar-refractivity contribution in [2.45, 2.75) is 19.4 Å². The second-order valence-electron chi connectivity index (χ2n) is 3.85. The van der Waals surface area contributed by atoms with Crippen LogP contribution in [-0.2, 0) is 0 Å². The van der Waals surface area contributed by atoms with Gasteiger partial charge in [0.15, 0.2) is 0 Å². The van der Waals surface area contributed by atoms with Gasteiger partial charge >= 0.3 is 5.69 Å². The second kappa shape index (κ2) is 7.08. The van der Waals surface area contributed by atoms with Gasteiger partial charge in [-0.3, -0.25) is 14.9 Å². The van der Waals surface area contributed by atoms with E-state index in [0.717, 1.165) is 6.42 Å². The molecule has 0 fully saturated rings. The number of alkyl halides is 1. The molecule has 7 heteroatoms. The smallest absolute Gasteiger partial charge is 0.311 e. The number of rotatable bonds is 6. The molecule has 19 heavy (non-hydrogen) atoms. The van der Waals surface area contributed by atoms with Crippen LogP contribution in [0.5, 0.6) is 5.75 Å². The molecule has 1 aromatic carbocycles. The lowest BCUT2D eigenvalue weighted by Crippen LogP contribution is -2.35. The first-order chi connectivity index (χ1) is 9.04. The number of methoxy groups -OCH3 is 1. The Balaban J connectivity index is 3.09. The van der Waals surface area contributed by atoms with Crippen LogP contribution in [0.4, 0.5) is 5.69 Å². The van der Waals surface area contributed by atoms with Crippen molar-refractivity contribution in [3.8, 4) is 5.75 Å². The molecule has 1 N–H and O–H groups in total. The van der Waals surface area contributed by atoms with E-state index in [-0.39, 0.29) is 28.9 Å². The first-order valence-corrected chi connectivity index (χ1v) is 6.85. The Morgan fingerprint density at radius 1 is 1.58 bits per heavy atom. The summed E-state index contributed by atoms with van der Waals surface area (Å²) in [4.78, 5) is 22.4. The number of carbonyl (C=O) groups excluding carboxylic acids is 1. The standard InChI is InChI=1S/C12H15BrN2O4/c1-3-8(7-13)14-12(16)9-5-4-6-10(15(17)18)11(9)19-2/h4-6,8H,3,7H2,1-2H3,(H,14,16). The first kappa shape index (κ1) is 15.4. The number of para-hydroxylation sites is 1. The average Bonchev–Trinajstić information content (AvgIpc) is 2.43. The van der Waals surface area contributed by atoms with E-state index in [9.17, 15) is 14.9 Å². The highest BCUT2D eigenvalue weighted by Gasteiger charge is 2.23. The fraction of sp³-hybridized carbons (Fsp3) is 0.417. The Morgan fingerprint density at radius 3 is 2.74 bits per heavy atom. The fourth-order valence-electron chi connectivity index (χ4n) is 1.57. The Hall–Kier alpha value is -1.63. The van der Waals surface area contributed by atoms with Crippen molar-refractivity contribution in [2.24, 2.45) is 0 Å². The maximum atomic E-state index is 12.1. The lowest BCUT2D eigenvalue weighted by Gasteiger charge is -2.15. The molecule has 0 aliphatic heterocycles. The minimum absolute atomic E-state index is 0.0191. The number of carbonyl (C=O) groups is 1. The molecule has 6 nitrogen and oxygen atoms in total. The quantitative estimate of drug-likeness (QED) is 0.493. The van der Waals surface area contributed by atoms with Crippen LogP contribution in [0.3, 0.4) is 0 Å². The normalized spacial score (nSPS) is 11.7. The number of nitrogens with zero attached hydrogens (tertiary/aromatic N) is 1. The fourth-order valence-corrected chi connectivity index (χ4v) is 2.19. The molecule has 0 aliphatic carbocycles. The van der Waals surface area contributed by atoms with Gasteiger partial charge in [-0.2, -0.15) is 0 Å². The zero-order valence-electron chi connectivity index (χ0n) is 10.7. The third kappa shape index (κ3) is 3.66. The molecule has 0 saturated carbocycles. The molecule has 104 valence electrons. The van der Waals surface area contributed by atoms with Gasteiger partial charge in [0.05, 0.1) is 17.6 Å². The molecular formula is C12H15BrN2O4. The number of hydrogen-bond donors (Lipinski definition) is 1. The molecule has 1 atom stereocenters. The van der Waals surface area contributed by atoms with Crippen LogP contribution >= 0.6 is 15.9 Å². The van der Waals surface area contributed by atoms with Gasteiger partial charge in [0.2, 0.25) is 5.75 Å². The molecule has 0 saturated heterocycles. The summed E-state index contributed by atoms with van der Waals surface area (Å²) in [6.07, 6.45) is 0.758. The van der Waals surface area contributed by atoms with Crippen LogP contribution < -0.4 is 10.1 Å². The Morgan fingerprint density at radius 2 is 2.26 bits per heavy atom. The first-order valence-electron chi connectivity index (χ1n) is 5.73. The predicted octanol–water partition coefficient (Wildman–Crippen LogP) is 2.51. The number of amides is 1. The molecular weight excluding hydrogens is 316 g/mol. The van der Waals surface area contributed by atoms with Gasteiger partial charge in [-0.05, 0) is 12.5 Å². The van der Waals surface area contributed by atoms with Gasteiger partial charge in [-0.15, -0.1) is 0 Å². The SMILES string of the molecule is CCC(CBr)NC(=O)c1cccc([N+](=O)[O-])c1OC. The molecule has 0 aliphatic rings. The van der Waals surface area contributed by atoms with Gasteiger partial charge in [0, 0.05) is 17.4 Å². The predicted molar refractivity (Wildman–Crippen MR) is 75.0 cm³/mol. The highest BCUT2D eigenvalue weighted by Crippen LogP contribution is 2.30. The van der Waals surface area contributed by atoms with E-state index in [0.29, 0.717) is 5.33 Å². The van der Waals surface area contributed by atoms with Crippen molar-refractivity contribution >= 4 is 27.5 Å². The largest absolute Gasteiger partial charge is 0.490 e. The summed E-state index contributed by atoms with van der Waals surface area (Å²) in [7, 11) is 1.31. The van der Waals surface area contributed by atoms with E-state index in [1.54, 1.807) is 0 Å². The molecule has 1 unspecified atom stereocenters. The number of nitro groups is 1. The number of nitrogens with one attached hydrogen (secondary N) is 1. The Bertz CT molecular complexity index is 475. The lowest BCUT2D eigenvalue weighted by molar-refractivity contribution is -0.385. The van der Waals surface area contributed by atoms with Gasteiger partial charge in [0.25, 0.3) is 5.91 Å². The molecule has 1 aromatic rings. The summed E-state index contributed by atoms with van der Waals surface area (Å²) >= 11 is 3.30. The Labute approximate surface area is 119 Å². The molecule has 1 rings (SSSR count). The highest BCUT2D eigenvalue weighted by molar-refractivity contribution is 9.09. The highest BCUT2D eigenvalue weighted by atomic mass is 79.9. The van der Waals surface area contributed by atoms with Crippen LogP contribution in [0.1, 0.15) is 23.7 Å². The maximum Gasteiger partial charge on any atom is 0.311 e. The number of nitro benzene ring substituents is 1. The van der Waals surface area contributed by atoms with Crippen LogP contribution in [0, 0.1) is 10.1 Å². The Kier molecular flexibility index (Phi) is 5.75. The maximum absolute atomic E-state index is 12.1. The van der Waals surface area contributed by atoms with E-state index < -0.39 is 4.92 Å². The van der Waals surface area contributed by atoms with E-state index in [1.165, 1.54) is 25.3 Å². The van der Waals surface area contributed by atoms with Crippen LogP contribution in [0.25, 0.3) is 0 Å². The van der Waals surface area contributed by atoms with E-state index >= 15 is 0 Å². The summed E-state index contributed by atoms with van der Waals surface area (Å²) in [5.41, 5.74) is -0.0573. The van der Waals surface area contributed by atoms with E-state index in [2.05, 4.69) is 21.2 Å². The molecule has 1 amide bonds. The van der Waals surface area contributed by atoms with E-state index in [4.69, 9.17) is 4.74 Å². The van der Waals surface area contributed by atoms with Crippen molar-refractivity contribution in [3.05, 3.63) is 33.9 Å². The van der Waals surface area contributed by atoms with E-state index in [1.807, 2.05) is 6.92 Å². The number of halogens is 1. The monoisotopic (exact) mass is 330 g/mol. The summed E-state index contributed by atoms with van der Waals surface area (Å²) in [5, 5.41) is 14.3. The molecule has 0 spiro atoms. The van der Waals surface area contributed by atoms with Crippen molar-refractivity contribution in [1.82, 2.24) is 5.32 Å². The summed E-state index contributed by atoms with van der Waals surface area (Å²) < 4.78 is 4.99. The van der Waals surface area contributed by atoms with Gasteiger partial charge in [-0.25, -0.2) is 0 Å². The molecule has 0 heterocycles. The summed E-state index contributed by atoms with van der Waals surface area (Å²) in [6.45, 7) is 1.94. The van der Waals surface area contributed by atoms with Gasteiger partial charge in [0.1, 0.15) is 0 Å². The number of hydrogen-bond acceptors (Lipinski definition) is 4. The minimum atomic E-state index is -0.572. The molecule has 0 radical (unpaired) electrons. The van der Waals surface area contributed by atoms with Crippen LogP contribution in [0.2, 0.25) is 0 Å².